The highest BCUT2D eigenvalue weighted by Gasteiger charge is 2.26. The van der Waals surface area contributed by atoms with Crippen LogP contribution in [0.4, 0.5) is 0 Å². The molecule has 2 heterocycles. The number of fused-ring (bicyclic) bond motifs is 1. The fourth-order valence-corrected chi connectivity index (χ4v) is 4.92. The molecule has 5 nitrogen and oxygen atoms in total. The summed E-state index contributed by atoms with van der Waals surface area (Å²) in [4.78, 5) is 31.2. The SMILES string of the molecule is CCCCNC(=O)CN1CCN(C(=O)c2cc3c(s2)CCC(C)C3)CC1. The van der Waals surface area contributed by atoms with E-state index in [0.717, 1.165) is 56.1 Å². The Morgan fingerprint density at radius 1 is 1.27 bits per heavy atom. The van der Waals surface area contributed by atoms with E-state index in [4.69, 9.17) is 0 Å². The Bertz CT molecular complexity index is 635. The number of carbonyl (C=O) groups is 2. The van der Waals surface area contributed by atoms with Crippen molar-refractivity contribution < 1.29 is 9.59 Å². The van der Waals surface area contributed by atoms with Crippen molar-refractivity contribution in [3.05, 3.63) is 21.4 Å². The molecule has 0 radical (unpaired) electrons. The number of hydrogen-bond acceptors (Lipinski definition) is 4. The maximum Gasteiger partial charge on any atom is 0.264 e. The first kappa shape index (κ1) is 19.4. The van der Waals surface area contributed by atoms with E-state index < -0.39 is 0 Å². The van der Waals surface area contributed by atoms with Crippen molar-refractivity contribution in [3.63, 3.8) is 0 Å². The minimum Gasteiger partial charge on any atom is -0.355 e. The standard InChI is InChI=1S/C20H31N3O2S/c1-3-4-7-21-19(24)14-22-8-10-23(11-9-22)20(25)18-13-16-12-15(2)5-6-17(16)26-18/h13,15H,3-12,14H2,1-2H3,(H,21,24). The number of hydrogen-bond donors (Lipinski definition) is 1. The molecule has 3 rings (SSSR count). The van der Waals surface area contributed by atoms with Crippen LogP contribution in [-0.2, 0) is 17.6 Å². The molecule has 1 aromatic rings. The van der Waals surface area contributed by atoms with Crippen LogP contribution in [-0.4, -0.2) is 60.9 Å². The lowest BCUT2D eigenvalue weighted by Gasteiger charge is -2.34. The summed E-state index contributed by atoms with van der Waals surface area (Å²) in [7, 11) is 0. The summed E-state index contributed by atoms with van der Waals surface area (Å²) in [6, 6.07) is 2.13. The highest BCUT2D eigenvalue weighted by atomic mass is 32.1. The fourth-order valence-electron chi connectivity index (χ4n) is 3.74. The first-order valence-electron chi connectivity index (χ1n) is 9.96. The van der Waals surface area contributed by atoms with Gasteiger partial charge in [0.25, 0.3) is 5.91 Å². The molecular weight excluding hydrogens is 346 g/mol. The van der Waals surface area contributed by atoms with Gasteiger partial charge >= 0.3 is 0 Å². The van der Waals surface area contributed by atoms with Crippen molar-refractivity contribution in [1.29, 1.82) is 0 Å². The van der Waals surface area contributed by atoms with Gasteiger partial charge in [0, 0.05) is 37.6 Å². The third kappa shape index (κ3) is 4.86. The number of nitrogens with zero attached hydrogens (tertiary/aromatic N) is 2. The minimum absolute atomic E-state index is 0.0956. The molecule has 1 aliphatic heterocycles. The van der Waals surface area contributed by atoms with Gasteiger partial charge in [-0.1, -0.05) is 20.3 Å². The predicted molar refractivity (Wildman–Crippen MR) is 106 cm³/mol. The Morgan fingerprint density at radius 3 is 2.77 bits per heavy atom. The highest BCUT2D eigenvalue weighted by Crippen LogP contribution is 2.32. The van der Waals surface area contributed by atoms with E-state index in [2.05, 4.69) is 30.1 Å². The van der Waals surface area contributed by atoms with Gasteiger partial charge in [-0.05, 0) is 43.2 Å². The zero-order valence-electron chi connectivity index (χ0n) is 16.1. The van der Waals surface area contributed by atoms with Gasteiger partial charge < -0.3 is 10.2 Å². The highest BCUT2D eigenvalue weighted by molar-refractivity contribution is 7.14. The van der Waals surface area contributed by atoms with Crippen molar-refractivity contribution in [2.24, 2.45) is 5.92 Å². The normalized spacial score (nSPS) is 20.7. The number of thiophene rings is 1. The van der Waals surface area contributed by atoms with Gasteiger partial charge in [-0.2, -0.15) is 0 Å². The van der Waals surface area contributed by atoms with Crippen LogP contribution in [0.1, 0.15) is 53.2 Å². The molecular formula is C20H31N3O2S. The number of carbonyl (C=O) groups excluding carboxylic acids is 2. The Kier molecular flexibility index (Phi) is 6.70. The Labute approximate surface area is 160 Å². The predicted octanol–water partition coefficient (Wildman–Crippen LogP) is 2.55. The molecule has 26 heavy (non-hydrogen) atoms. The number of aryl methyl sites for hydroxylation is 1. The zero-order chi connectivity index (χ0) is 18.5. The molecule has 1 aliphatic carbocycles. The van der Waals surface area contributed by atoms with E-state index in [1.807, 2.05) is 4.90 Å². The molecule has 1 unspecified atom stereocenters. The lowest BCUT2D eigenvalue weighted by atomic mass is 9.90. The van der Waals surface area contributed by atoms with Crippen molar-refractivity contribution >= 4 is 23.2 Å². The van der Waals surface area contributed by atoms with Crippen LogP contribution in [0.15, 0.2) is 6.07 Å². The quantitative estimate of drug-likeness (QED) is 0.775. The summed E-state index contributed by atoms with van der Waals surface area (Å²) in [5, 5.41) is 2.96. The first-order valence-corrected chi connectivity index (χ1v) is 10.8. The molecule has 0 saturated carbocycles. The van der Waals surface area contributed by atoms with E-state index in [-0.39, 0.29) is 11.8 Å². The van der Waals surface area contributed by atoms with Crippen LogP contribution in [0.25, 0.3) is 0 Å². The van der Waals surface area contributed by atoms with Crippen molar-refractivity contribution in [3.8, 4) is 0 Å². The molecule has 1 atom stereocenters. The Balaban J connectivity index is 1.47. The van der Waals surface area contributed by atoms with Gasteiger partial charge in [0.15, 0.2) is 0 Å². The summed E-state index contributed by atoms with van der Waals surface area (Å²) >= 11 is 1.69. The number of rotatable bonds is 6. The average Bonchev–Trinajstić information content (AvgIpc) is 3.05. The molecule has 0 spiro atoms. The van der Waals surface area contributed by atoms with Gasteiger partial charge in [-0.25, -0.2) is 0 Å². The third-order valence-corrected chi connectivity index (χ3v) is 6.64. The largest absolute Gasteiger partial charge is 0.355 e. The summed E-state index contributed by atoms with van der Waals surface area (Å²) in [6.07, 6.45) is 5.58. The molecule has 6 heteroatoms. The van der Waals surface area contributed by atoms with Gasteiger partial charge in [-0.15, -0.1) is 11.3 Å². The molecule has 144 valence electrons. The molecule has 1 fully saturated rings. The number of nitrogens with one attached hydrogen (secondary N) is 1. The van der Waals surface area contributed by atoms with Crippen molar-refractivity contribution in [2.45, 2.75) is 46.0 Å². The second-order valence-electron chi connectivity index (χ2n) is 7.68. The van der Waals surface area contributed by atoms with Crippen LogP contribution in [0, 0.1) is 5.92 Å². The van der Waals surface area contributed by atoms with Crippen LogP contribution in [0.2, 0.25) is 0 Å². The van der Waals surface area contributed by atoms with Gasteiger partial charge in [0.2, 0.25) is 5.91 Å². The van der Waals surface area contributed by atoms with Crippen LogP contribution in [0.5, 0.6) is 0 Å². The van der Waals surface area contributed by atoms with Crippen LogP contribution < -0.4 is 5.32 Å². The second kappa shape index (κ2) is 9.00. The lowest BCUT2D eigenvalue weighted by Crippen LogP contribution is -2.51. The molecule has 1 N–H and O–H groups in total. The van der Waals surface area contributed by atoms with Gasteiger partial charge in [0.1, 0.15) is 0 Å². The van der Waals surface area contributed by atoms with E-state index in [0.29, 0.717) is 19.6 Å². The summed E-state index contributed by atoms with van der Waals surface area (Å²) in [5.74, 6) is 0.995. The summed E-state index contributed by atoms with van der Waals surface area (Å²) < 4.78 is 0. The van der Waals surface area contributed by atoms with E-state index in [1.54, 1.807) is 11.3 Å². The molecule has 2 amide bonds. The smallest absolute Gasteiger partial charge is 0.264 e. The average molecular weight is 378 g/mol. The molecule has 2 aliphatic rings. The maximum atomic E-state index is 12.8. The van der Waals surface area contributed by atoms with Crippen molar-refractivity contribution in [1.82, 2.24) is 15.1 Å². The Hall–Kier alpha value is -1.40. The maximum absolute atomic E-state index is 12.8. The van der Waals surface area contributed by atoms with Gasteiger partial charge in [-0.3, -0.25) is 14.5 Å². The van der Waals surface area contributed by atoms with E-state index in [1.165, 1.54) is 16.9 Å². The monoisotopic (exact) mass is 377 g/mol. The fraction of sp³-hybridized carbons (Fsp3) is 0.700. The van der Waals surface area contributed by atoms with E-state index >= 15 is 0 Å². The first-order chi connectivity index (χ1) is 12.6. The van der Waals surface area contributed by atoms with Gasteiger partial charge in [0.05, 0.1) is 11.4 Å². The summed E-state index contributed by atoms with van der Waals surface area (Å²) in [5.41, 5.74) is 1.39. The second-order valence-corrected chi connectivity index (χ2v) is 8.82. The third-order valence-electron chi connectivity index (χ3n) is 5.42. The molecule has 0 aromatic carbocycles. The Morgan fingerprint density at radius 2 is 2.04 bits per heavy atom. The molecule has 0 bridgehead atoms. The minimum atomic E-state index is 0.0956. The topological polar surface area (TPSA) is 52.7 Å². The molecule has 1 saturated heterocycles. The number of amides is 2. The van der Waals surface area contributed by atoms with Crippen LogP contribution in [0.3, 0.4) is 0 Å². The zero-order valence-corrected chi connectivity index (χ0v) is 16.9. The number of unbranched alkanes of at least 4 members (excludes halogenated alkanes) is 1. The lowest BCUT2D eigenvalue weighted by molar-refractivity contribution is -0.122. The van der Waals surface area contributed by atoms with Crippen molar-refractivity contribution in [2.75, 3.05) is 39.3 Å². The number of piperazine rings is 1. The summed E-state index contributed by atoms with van der Waals surface area (Å²) in [6.45, 7) is 8.57. The molecule has 1 aromatic heterocycles. The van der Waals surface area contributed by atoms with E-state index in [9.17, 15) is 9.59 Å². The van der Waals surface area contributed by atoms with Crippen LogP contribution >= 0.6 is 11.3 Å².